The number of hydrogen-bond acceptors (Lipinski definition) is 5. The van der Waals surface area contributed by atoms with Crippen LogP contribution >= 0.6 is 11.3 Å². The van der Waals surface area contributed by atoms with Gasteiger partial charge in [-0.3, -0.25) is 0 Å². The SMILES string of the molecule is COc1ccc(-c2c(C#Cc3ccsc3)c3cc(-c4cnc(OC)nc4)ccc3n2C)cc1. The molecule has 0 amide bonds. The van der Waals surface area contributed by atoms with E-state index in [9.17, 15) is 0 Å². The first-order valence-corrected chi connectivity index (χ1v) is 11.3. The molecule has 6 heteroatoms. The molecule has 0 radical (unpaired) electrons. The van der Waals surface area contributed by atoms with Gasteiger partial charge in [-0.05, 0) is 59.0 Å². The van der Waals surface area contributed by atoms with Crippen LogP contribution in [-0.2, 0) is 7.05 Å². The summed E-state index contributed by atoms with van der Waals surface area (Å²) in [6, 6.07) is 16.8. The number of ether oxygens (including phenoxy) is 2. The van der Waals surface area contributed by atoms with Gasteiger partial charge in [0.25, 0.3) is 0 Å². The Morgan fingerprint density at radius 3 is 2.27 bits per heavy atom. The molecule has 3 heterocycles. The Kier molecular flexibility index (Phi) is 5.55. The topological polar surface area (TPSA) is 49.2 Å². The van der Waals surface area contributed by atoms with E-state index in [0.29, 0.717) is 6.01 Å². The molecule has 0 N–H and O–H groups in total. The highest BCUT2D eigenvalue weighted by atomic mass is 32.1. The molecular formula is C27H21N3O2S. The molecule has 5 nitrogen and oxygen atoms in total. The van der Waals surface area contributed by atoms with Crippen LogP contribution in [0.2, 0.25) is 0 Å². The Labute approximate surface area is 196 Å². The predicted molar refractivity (Wildman–Crippen MR) is 133 cm³/mol. The number of benzene rings is 2. The van der Waals surface area contributed by atoms with Crippen molar-refractivity contribution in [2.75, 3.05) is 14.2 Å². The minimum absolute atomic E-state index is 0.351. The zero-order valence-corrected chi connectivity index (χ0v) is 19.3. The molecule has 0 bridgehead atoms. The number of aryl methyl sites for hydroxylation is 1. The van der Waals surface area contributed by atoms with E-state index in [0.717, 1.165) is 50.2 Å². The van der Waals surface area contributed by atoms with Gasteiger partial charge in [0, 0.05) is 46.9 Å². The van der Waals surface area contributed by atoms with Gasteiger partial charge < -0.3 is 14.0 Å². The maximum absolute atomic E-state index is 5.35. The van der Waals surface area contributed by atoms with Gasteiger partial charge in [-0.15, -0.1) is 0 Å². The zero-order chi connectivity index (χ0) is 22.8. The van der Waals surface area contributed by atoms with E-state index in [2.05, 4.69) is 69.1 Å². The normalized spacial score (nSPS) is 10.6. The van der Waals surface area contributed by atoms with Crippen molar-refractivity contribution in [3.8, 4) is 46.0 Å². The Hall–Kier alpha value is -4.08. The highest BCUT2D eigenvalue weighted by Crippen LogP contribution is 2.35. The third kappa shape index (κ3) is 3.95. The van der Waals surface area contributed by atoms with Gasteiger partial charge >= 0.3 is 6.01 Å². The lowest BCUT2D eigenvalue weighted by Gasteiger charge is -2.07. The molecule has 0 spiro atoms. The van der Waals surface area contributed by atoms with Gasteiger partial charge in [0.1, 0.15) is 5.75 Å². The van der Waals surface area contributed by atoms with Gasteiger partial charge in [0.15, 0.2) is 0 Å². The van der Waals surface area contributed by atoms with E-state index in [1.807, 2.05) is 23.6 Å². The number of thiophene rings is 1. The third-order valence-corrected chi connectivity index (χ3v) is 6.24. The van der Waals surface area contributed by atoms with Crippen molar-refractivity contribution in [2.45, 2.75) is 0 Å². The van der Waals surface area contributed by atoms with E-state index in [1.165, 1.54) is 0 Å². The third-order valence-electron chi connectivity index (χ3n) is 5.56. The summed E-state index contributed by atoms with van der Waals surface area (Å²) in [6.45, 7) is 0. The van der Waals surface area contributed by atoms with Crippen LogP contribution in [0.1, 0.15) is 11.1 Å². The number of nitrogens with zero attached hydrogens (tertiary/aromatic N) is 3. The van der Waals surface area contributed by atoms with Crippen LogP contribution in [0.5, 0.6) is 11.8 Å². The largest absolute Gasteiger partial charge is 0.497 e. The van der Waals surface area contributed by atoms with Gasteiger partial charge in [-0.1, -0.05) is 17.9 Å². The molecule has 5 rings (SSSR count). The van der Waals surface area contributed by atoms with Gasteiger partial charge in [0.2, 0.25) is 0 Å². The van der Waals surface area contributed by atoms with Crippen molar-refractivity contribution in [1.82, 2.24) is 14.5 Å². The van der Waals surface area contributed by atoms with Crippen LogP contribution in [0.4, 0.5) is 0 Å². The van der Waals surface area contributed by atoms with Crippen molar-refractivity contribution in [3.05, 3.63) is 82.8 Å². The fourth-order valence-electron chi connectivity index (χ4n) is 3.88. The standard InChI is InChI=1S/C27H21N3O2S/c1-30-25-11-7-20(21-15-28-27(32-3)29-16-21)14-24(25)23(10-4-18-12-13-33-17-18)26(30)19-5-8-22(31-2)9-6-19/h5-9,11-17H,1-3H3. The molecule has 0 aliphatic carbocycles. The second kappa shape index (κ2) is 8.81. The Balaban J connectivity index is 1.72. The van der Waals surface area contributed by atoms with Gasteiger partial charge in [-0.2, -0.15) is 11.3 Å². The molecule has 33 heavy (non-hydrogen) atoms. The zero-order valence-electron chi connectivity index (χ0n) is 18.5. The molecule has 0 saturated carbocycles. The summed E-state index contributed by atoms with van der Waals surface area (Å²) in [5.41, 5.74) is 7.20. The first kappa shape index (κ1) is 20.8. The summed E-state index contributed by atoms with van der Waals surface area (Å²) in [5.74, 6) is 7.62. The van der Waals surface area contributed by atoms with Crippen LogP contribution in [0.3, 0.4) is 0 Å². The van der Waals surface area contributed by atoms with Gasteiger partial charge in [-0.25, -0.2) is 9.97 Å². The molecule has 0 aliphatic heterocycles. The van der Waals surface area contributed by atoms with Crippen LogP contribution < -0.4 is 9.47 Å². The van der Waals surface area contributed by atoms with E-state index in [4.69, 9.17) is 9.47 Å². The lowest BCUT2D eigenvalue weighted by Crippen LogP contribution is -1.93. The molecule has 0 aliphatic rings. The molecule has 2 aromatic carbocycles. The maximum Gasteiger partial charge on any atom is 0.316 e. The number of fused-ring (bicyclic) bond motifs is 1. The number of aromatic nitrogens is 3. The van der Waals surface area contributed by atoms with Crippen molar-refractivity contribution < 1.29 is 9.47 Å². The summed E-state index contributed by atoms with van der Waals surface area (Å²) >= 11 is 1.65. The number of methoxy groups -OCH3 is 2. The average Bonchev–Trinajstić information content (AvgIpc) is 3.49. The molecular weight excluding hydrogens is 430 g/mol. The highest BCUT2D eigenvalue weighted by Gasteiger charge is 2.17. The lowest BCUT2D eigenvalue weighted by atomic mass is 10.0. The second-order valence-corrected chi connectivity index (χ2v) is 8.24. The maximum atomic E-state index is 5.35. The molecule has 5 aromatic rings. The number of rotatable bonds is 4. The Morgan fingerprint density at radius 1 is 0.848 bits per heavy atom. The summed E-state index contributed by atoms with van der Waals surface area (Å²) in [5, 5.41) is 5.18. The first-order valence-electron chi connectivity index (χ1n) is 10.4. The Morgan fingerprint density at radius 2 is 1.61 bits per heavy atom. The van der Waals surface area contributed by atoms with Gasteiger partial charge in [0.05, 0.1) is 25.5 Å². The summed E-state index contributed by atoms with van der Waals surface area (Å²) in [4.78, 5) is 8.51. The fraction of sp³-hybridized carbons (Fsp3) is 0.111. The van der Waals surface area contributed by atoms with Crippen molar-refractivity contribution in [1.29, 1.82) is 0 Å². The molecule has 162 valence electrons. The summed E-state index contributed by atoms with van der Waals surface area (Å²) < 4.78 is 12.6. The molecule has 0 atom stereocenters. The Bertz CT molecular complexity index is 1470. The quantitative estimate of drug-likeness (QED) is 0.325. The molecule has 0 unspecified atom stereocenters. The van der Waals surface area contributed by atoms with Crippen molar-refractivity contribution in [3.63, 3.8) is 0 Å². The lowest BCUT2D eigenvalue weighted by molar-refractivity contribution is 0.380. The average molecular weight is 452 g/mol. The van der Waals surface area contributed by atoms with E-state index >= 15 is 0 Å². The fourth-order valence-corrected chi connectivity index (χ4v) is 4.47. The van der Waals surface area contributed by atoms with Crippen molar-refractivity contribution in [2.24, 2.45) is 7.05 Å². The van der Waals surface area contributed by atoms with Crippen LogP contribution in [0.15, 0.2) is 71.7 Å². The van der Waals surface area contributed by atoms with E-state index < -0.39 is 0 Å². The second-order valence-electron chi connectivity index (χ2n) is 7.46. The highest BCUT2D eigenvalue weighted by molar-refractivity contribution is 7.08. The molecule has 3 aromatic heterocycles. The van der Waals surface area contributed by atoms with Crippen LogP contribution in [0.25, 0.3) is 33.3 Å². The van der Waals surface area contributed by atoms with Crippen molar-refractivity contribution >= 4 is 22.2 Å². The summed E-state index contributed by atoms with van der Waals surface area (Å²) in [7, 11) is 5.31. The smallest absolute Gasteiger partial charge is 0.316 e. The molecule has 0 saturated heterocycles. The summed E-state index contributed by atoms with van der Waals surface area (Å²) in [6.07, 6.45) is 3.55. The molecule has 0 fully saturated rings. The van der Waals surface area contributed by atoms with Crippen LogP contribution in [-0.4, -0.2) is 28.8 Å². The first-order chi connectivity index (χ1) is 16.2. The van der Waals surface area contributed by atoms with Crippen LogP contribution in [0, 0.1) is 11.8 Å². The van der Waals surface area contributed by atoms with E-state index in [1.54, 1.807) is 38.0 Å². The monoisotopic (exact) mass is 451 g/mol. The van der Waals surface area contributed by atoms with E-state index in [-0.39, 0.29) is 0 Å². The predicted octanol–water partition coefficient (Wildman–Crippen LogP) is 5.78. The number of hydrogen-bond donors (Lipinski definition) is 0. The minimum atomic E-state index is 0.351. The minimum Gasteiger partial charge on any atom is -0.497 e.